The fraction of sp³-hybridized carbons (Fsp3) is 0.118. The van der Waals surface area contributed by atoms with Crippen molar-refractivity contribution < 1.29 is 4.92 Å². The number of hydrogen-bond donors (Lipinski definition) is 0. The smallest absolute Gasteiger partial charge is 0.258 e. The topological polar surface area (TPSA) is 56.0 Å². The van der Waals surface area contributed by atoms with Crippen molar-refractivity contribution in [3.8, 4) is 0 Å². The molecule has 0 radical (unpaired) electrons. The normalized spacial score (nSPS) is 12.2. The second-order valence-corrected chi connectivity index (χ2v) is 6.32. The minimum Gasteiger partial charge on any atom is -0.258 e. The lowest BCUT2D eigenvalue weighted by atomic mass is 10.1. The molecular formula is C17H14N2O2S. The van der Waals surface area contributed by atoms with Crippen molar-refractivity contribution in [3.05, 3.63) is 76.3 Å². The highest BCUT2D eigenvalue weighted by Crippen LogP contribution is 2.35. The number of rotatable bonds is 4. The Hall–Kier alpha value is -2.40. The van der Waals surface area contributed by atoms with Gasteiger partial charge in [-0.1, -0.05) is 48.2 Å². The average Bonchev–Trinajstić information content (AvgIpc) is 2.55. The van der Waals surface area contributed by atoms with Crippen molar-refractivity contribution in [1.82, 2.24) is 4.98 Å². The first-order chi connectivity index (χ1) is 10.6. The number of nitrogens with zero attached hydrogens (tertiary/aromatic N) is 2. The second-order valence-electron chi connectivity index (χ2n) is 4.95. The van der Waals surface area contributed by atoms with Crippen LogP contribution in [0.3, 0.4) is 0 Å². The number of pyridine rings is 1. The minimum atomic E-state index is -0.366. The van der Waals surface area contributed by atoms with E-state index in [0.29, 0.717) is 0 Å². The molecule has 3 rings (SSSR count). The van der Waals surface area contributed by atoms with Gasteiger partial charge in [0.25, 0.3) is 5.69 Å². The van der Waals surface area contributed by atoms with Gasteiger partial charge in [0, 0.05) is 22.8 Å². The van der Waals surface area contributed by atoms with Crippen molar-refractivity contribution in [1.29, 1.82) is 0 Å². The van der Waals surface area contributed by atoms with Crippen molar-refractivity contribution in [2.75, 3.05) is 0 Å². The van der Waals surface area contributed by atoms with Gasteiger partial charge in [-0.05, 0) is 24.6 Å². The largest absolute Gasteiger partial charge is 0.269 e. The molecule has 0 spiro atoms. The molecule has 2 aromatic carbocycles. The number of hydrogen-bond acceptors (Lipinski definition) is 4. The number of non-ortho nitro benzene ring substituents is 1. The van der Waals surface area contributed by atoms with E-state index in [1.54, 1.807) is 23.9 Å². The van der Waals surface area contributed by atoms with E-state index in [9.17, 15) is 10.1 Å². The van der Waals surface area contributed by atoms with E-state index < -0.39 is 0 Å². The molecule has 1 unspecified atom stereocenters. The molecule has 0 amide bonds. The summed E-state index contributed by atoms with van der Waals surface area (Å²) in [7, 11) is 0. The zero-order valence-electron chi connectivity index (χ0n) is 12.0. The molecule has 22 heavy (non-hydrogen) atoms. The van der Waals surface area contributed by atoms with Crippen molar-refractivity contribution in [2.45, 2.75) is 17.2 Å². The summed E-state index contributed by atoms with van der Waals surface area (Å²) in [5.41, 5.74) is 2.00. The first kappa shape index (κ1) is 14.5. The van der Waals surface area contributed by atoms with Crippen LogP contribution < -0.4 is 0 Å². The molecule has 0 saturated heterocycles. The third kappa shape index (κ3) is 3.09. The van der Waals surface area contributed by atoms with Crippen LogP contribution in [0, 0.1) is 10.1 Å². The zero-order chi connectivity index (χ0) is 15.5. The van der Waals surface area contributed by atoms with Crippen LogP contribution in [0.25, 0.3) is 10.9 Å². The summed E-state index contributed by atoms with van der Waals surface area (Å²) in [4.78, 5) is 15.1. The summed E-state index contributed by atoms with van der Waals surface area (Å²) in [5.74, 6) is 0. The summed E-state index contributed by atoms with van der Waals surface area (Å²) in [6.07, 6.45) is 0. The lowest BCUT2D eigenvalue weighted by Gasteiger charge is -2.11. The SMILES string of the molecule is CC(Sc1ccc2ccccc2n1)c1cccc([N+](=O)[O-])c1. The molecular weight excluding hydrogens is 296 g/mol. The van der Waals surface area contributed by atoms with Gasteiger partial charge in [0.2, 0.25) is 0 Å². The number of nitro groups is 1. The van der Waals surface area contributed by atoms with Crippen molar-refractivity contribution >= 4 is 28.4 Å². The average molecular weight is 310 g/mol. The molecule has 1 aromatic heterocycles. The molecule has 1 atom stereocenters. The fourth-order valence-electron chi connectivity index (χ4n) is 2.25. The Morgan fingerprint density at radius 1 is 1.09 bits per heavy atom. The first-order valence-electron chi connectivity index (χ1n) is 6.90. The molecule has 110 valence electrons. The van der Waals surface area contributed by atoms with E-state index >= 15 is 0 Å². The van der Waals surface area contributed by atoms with Crippen LogP contribution in [0.1, 0.15) is 17.7 Å². The minimum absolute atomic E-state index is 0.0913. The molecule has 3 aromatic rings. The van der Waals surface area contributed by atoms with Gasteiger partial charge in [-0.2, -0.15) is 0 Å². The molecule has 0 aliphatic heterocycles. The number of para-hydroxylation sites is 1. The Morgan fingerprint density at radius 3 is 2.73 bits per heavy atom. The Labute approximate surface area is 132 Å². The van der Waals surface area contributed by atoms with Gasteiger partial charge < -0.3 is 0 Å². The van der Waals surface area contributed by atoms with E-state index in [2.05, 4.69) is 4.98 Å². The maximum atomic E-state index is 10.9. The van der Waals surface area contributed by atoms with Gasteiger partial charge in [0.15, 0.2) is 0 Å². The van der Waals surface area contributed by atoms with Gasteiger partial charge in [0.1, 0.15) is 0 Å². The van der Waals surface area contributed by atoms with Gasteiger partial charge in [-0.15, -0.1) is 0 Å². The molecule has 0 bridgehead atoms. The van der Waals surface area contributed by atoms with Crippen molar-refractivity contribution in [2.24, 2.45) is 0 Å². The molecule has 0 fully saturated rings. The maximum absolute atomic E-state index is 10.9. The Balaban J connectivity index is 1.84. The standard InChI is InChI=1S/C17H14N2O2S/c1-12(14-6-4-7-15(11-14)19(20)21)22-17-10-9-13-5-2-3-8-16(13)18-17/h2-12H,1H3. The van der Waals surface area contributed by atoms with Crippen LogP contribution >= 0.6 is 11.8 Å². The summed E-state index contributed by atoms with van der Waals surface area (Å²) >= 11 is 1.60. The third-order valence-corrected chi connectivity index (χ3v) is 4.52. The van der Waals surface area contributed by atoms with Gasteiger partial charge >= 0.3 is 0 Å². The van der Waals surface area contributed by atoms with Gasteiger partial charge in [-0.25, -0.2) is 4.98 Å². The van der Waals surface area contributed by atoms with E-state index in [4.69, 9.17) is 0 Å². The predicted molar refractivity (Wildman–Crippen MR) is 89.1 cm³/mol. The van der Waals surface area contributed by atoms with Gasteiger partial charge in [0.05, 0.1) is 15.5 Å². The monoisotopic (exact) mass is 310 g/mol. The summed E-state index contributed by atoms with van der Waals surface area (Å²) < 4.78 is 0. The van der Waals surface area contributed by atoms with Crippen LogP contribution in [-0.2, 0) is 0 Å². The number of benzene rings is 2. The van der Waals surface area contributed by atoms with E-state index in [-0.39, 0.29) is 15.9 Å². The molecule has 5 heteroatoms. The summed E-state index contributed by atoms with van der Waals surface area (Å²) in [6, 6.07) is 18.8. The predicted octanol–water partition coefficient (Wildman–Crippen LogP) is 5.00. The first-order valence-corrected chi connectivity index (χ1v) is 7.78. The van der Waals surface area contributed by atoms with Crippen LogP contribution in [0.5, 0.6) is 0 Å². The molecule has 0 N–H and O–H groups in total. The molecule has 0 aliphatic carbocycles. The van der Waals surface area contributed by atoms with Crippen LogP contribution in [0.2, 0.25) is 0 Å². The van der Waals surface area contributed by atoms with Crippen LogP contribution in [0.15, 0.2) is 65.7 Å². The molecule has 0 aliphatic rings. The van der Waals surface area contributed by atoms with Crippen LogP contribution in [-0.4, -0.2) is 9.91 Å². The third-order valence-electron chi connectivity index (χ3n) is 3.42. The number of fused-ring (bicyclic) bond motifs is 1. The highest BCUT2D eigenvalue weighted by Gasteiger charge is 2.13. The van der Waals surface area contributed by atoms with Gasteiger partial charge in [-0.3, -0.25) is 10.1 Å². The maximum Gasteiger partial charge on any atom is 0.269 e. The van der Waals surface area contributed by atoms with Crippen LogP contribution in [0.4, 0.5) is 5.69 Å². The highest BCUT2D eigenvalue weighted by atomic mass is 32.2. The van der Waals surface area contributed by atoms with Crippen molar-refractivity contribution in [3.63, 3.8) is 0 Å². The Morgan fingerprint density at radius 2 is 1.91 bits per heavy atom. The van der Waals surface area contributed by atoms with E-state index in [1.165, 1.54) is 6.07 Å². The molecule has 4 nitrogen and oxygen atoms in total. The Kier molecular flexibility index (Phi) is 4.06. The lowest BCUT2D eigenvalue weighted by Crippen LogP contribution is -1.93. The lowest BCUT2D eigenvalue weighted by molar-refractivity contribution is -0.384. The number of nitro benzene ring substituents is 1. The Bertz CT molecular complexity index is 836. The van der Waals surface area contributed by atoms with E-state index in [1.807, 2.05) is 49.4 Å². The zero-order valence-corrected chi connectivity index (χ0v) is 12.8. The summed E-state index contributed by atoms with van der Waals surface area (Å²) in [5, 5.41) is 13.0. The van der Waals surface area contributed by atoms with E-state index in [0.717, 1.165) is 21.5 Å². The summed E-state index contributed by atoms with van der Waals surface area (Å²) in [6.45, 7) is 2.03. The quantitative estimate of drug-likeness (QED) is 0.387. The highest BCUT2D eigenvalue weighted by molar-refractivity contribution is 7.99. The number of aromatic nitrogens is 1. The fourth-order valence-corrected chi connectivity index (χ4v) is 3.20. The molecule has 0 saturated carbocycles. The second kappa shape index (κ2) is 6.15. The number of thioether (sulfide) groups is 1. The molecule has 1 heterocycles.